The number of methoxy groups -OCH3 is 1. The highest BCUT2D eigenvalue weighted by Gasteiger charge is 2.17. The summed E-state index contributed by atoms with van der Waals surface area (Å²) in [5.74, 6) is 0.807. The van der Waals surface area contributed by atoms with Gasteiger partial charge in [0.25, 0.3) is 0 Å². The van der Waals surface area contributed by atoms with Crippen molar-refractivity contribution in [3.63, 3.8) is 0 Å². The first-order valence-corrected chi connectivity index (χ1v) is 7.45. The van der Waals surface area contributed by atoms with Crippen LogP contribution in [0, 0.1) is 0 Å². The molecular weight excluding hydrogens is 320 g/mol. The quantitative estimate of drug-likeness (QED) is 0.824. The van der Waals surface area contributed by atoms with Crippen molar-refractivity contribution >= 4 is 15.9 Å². The SMILES string of the molecule is COc1ccccc1-c1ccc(C(O)C(O)CBr)cc1. The fourth-order valence-electron chi connectivity index (χ4n) is 2.05. The van der Waals surface area contributed by atoms with Gasteiger partial charge in [-0.1, -0.05) is 58.4 Å². The predicted octanol–water partition coefficient (Wildman–Crippen LogP) is 3.15. The van der Waals surface area contributed by atoms with Crippen LogP contribution < -0.4 is 4.74 Å². The number of benzene rings is 2. The van der Waals surface area contributed by atoms with Crippen LogP contribution in [0.5, 0.6) is 5.75 Å². The maximum atomic E-state index is 9.95. The Bertz CT molecular complexity index is 554. The van der Waals surface area contributed by atoms with Gasteiger partial charge in [-0.05, 0) is 17.2 Å². The monoisotopic (exact) mass is 336 g/mol. The molecule has 0 bridgehead atoms. The Kier molecular flexibility index (Phi) is 5.17. The summed E-state index contributed by atoms with van der Waals surface area (Å²) in [4.78, 5) is 0. The highest BCUT2D eigenvalue weighted by molar-refractivity contribution is 9.09. The molecule has 0 spiro atoms. The zero-order valence-corrected chi connectivity index (χ0v) is 12.7. The van der Waals surface area contributed by atoms with Gasteiger partial charge in [0, 0.05) is 10.9 Å². The van der Waals surface area contributed by atoms with Crippen LogP contribution in [0.3, 0.4) is 0 Å². The number of aliphatic hydroxyl groups is 2. The standard InChI is InChI=1S/C16H17BrO3/c1-20-15-5-3-2-4-13(15)11-6-8-12(9-7-11)16(19)14(18)10-17/h2-9,14,16,18-19H,10H2,1H3. The number of hydrogen-bond acceptors (Lipinski definition) is 3. The molecule has 2 unspecified atom stereocenters. The van der Waals surface area contributed by atoms with E-state index in [1.54, 1.807) is 7.11 Å². The van der Waals surface area contributed by atoms with E-state index in [2.05, 4.69) is 15.9 Å². The van der Waals surface area contributed by atoms with E-state index in [-0.39, 0.29) is 0 Å². The Morgan fingerprint density at radius 2 is 1.70 bits per heavy atom. The minimum atomic E-state index is -0.888. The van der Waals surface area contributed by atoms with Crippen LogP contribution >= 0.6 is 15.9 Å². The lowest BCUT2D eigenvalue weighted by atomic mass is 9.99. The summed E-state index contributed by atoms with van der Waals surface area (Å²) in [5.41, 5.74) is 2.69. The normalized spacial score (nSPS) is 13.8. The molecule has 2 aromatic carbocycles. The van der Waals surface area contributed by atoms with E-state index in [0.29, 0.717) is 10.9 Å². The molecule has 0 aromatic heterocycles. The molecule has 0 saturated carbocycles. The van der Waals surface area contributed by atoms with Gasteiger partial charge in [-0.25, -0.2) is 0 Å². The molecular formula is C16H17BrO3. The van der Waals surface area contributed by atoms with Crippen molar-refractivity contribution in [1.29, 1.82) is 0 Å². The van der Waals surface area contributed by atoms with Crippen molar-refractivity contribution in [2.45, 2.75) is 12.2 Å². The van der Waals surface area contributed by atoms with E-state index in [4.69, 9.17) is 4.74 Å². The number of rotatable bonds is 5. The summed E-state index contributed by atoms with van der Waals surface area (Å²) in [6, 6.07) is 15.2. The Hall–Kier alpha value is -1.36. The minimum Gasteiger partial charge on any atom is -0.496 e. The average Bonchev–Trinajstić information content (AvgIpc) is 2.53. The number of alkyl halides is 1. The van der Waals surface area contributed by atoms with Gasteiger partial charge in [0.2, 0.25) is 0 Å². The summed E-state index contributed by atoms with van der Waals surface area (Å²) in [6.07, 6.45) is -1.70. The maximum Gasteiger partial charge on any atom is 0.126 e. The lowest BCUT2D eigenvalue weighted by Gasteiger charge is -2.16. The molecule has 2 N–H and O–H groups in total. The van der Waals surface area contributed by atoms with Crippen LogP contribution in [0.25, 0.3) is 11.1 Å². The molecule has 106 valence electrons. The number of hydrogen-bond donors (Lipinski definition) is 2. The lowest BCUT2D eigenvalue weighted by molar-refractivity contribution is 0.0343. The molecule has 20 heavy (non-hydrogen) atoms. The van der Waals surface area contributed by atoms with Crippen LogP contribution in [-0.4, -0.2) is 28.8 Å². The molecule has 0 aliphatic heterocycles. The number of halogens is 1. The van der Waals surface area contributed by atoms with Crippen molar-refractivity contribution in [3.8, 4) is 16.9 Å². The third-order valence-corrected chi connectivity index (χ3v) is 3.86. The van der Waals surface area contributed by atoms with Crippen LogP contribution in [0.1, 0.15) is 11.7 Å². The van der Waals surface area contributed by atoms with E-state index in [0.717, 1.165) is 16.9 Å². The van der Waals surface area contributed by atoms with Crippen LogP contribution in [0.2, 0.25) is 0 Å². The van der Waals surface area contributed by atoms with E-state index >= 15 is 0 Å². The van der Waals surface area contributed by atoms with Crippen LogP contribution in [-0.2, 0) is 0 Å². The van der Waals surface area contributed by atoms with Gasteiger partial charge >= 0.3 is 0 Å². The van der Waals surface area contributed by atoms with Gasteiger partial charge in [-0.15, -0.1) is 0 Å². The highest BCUT2D eigenvalue weighted by Crippen LogP contribution is 2.30. The second-order valence-corrected chi connectivity index (χ2v) is 5.14. The van der Waals surface area contributed by atoms with Crippen molar-refractivity contribution in [2.75, 3.05) is 12.4 Å². The third kappa shape index (κ3) is 3.20. The molecule has 0 heterocycles. The molecule has 0 saturated heterocycles. The average molecular weight is 337 g/mol. The first-order chi connectivity index (χ1) is 9.67. The first-order valence-electron chi connectivity index (χ1n) is 6.33. The van der Waals surface area contributed by atoms with Gasteiger partial charge < -0.3 is 14.9 Å². The molecule has 2 atom stereocenters. The maximum absolute atomic E-state index is 9.95. The lowest BCUT2D eigenvalue weighted by Crippen LogP contribution is -2.19. The summed E-state index contributed by atoms with van der Waals surface area (Å²) < 4.78 is 5.34. The summed E-state index contributed by atoms with van der Waals surface area (Å²) in [7, 11) is 1.64. The molecule has 2 rings (SSSR count). The Balaban J connectivity index is 2.28. The predicted molar refractivity (Wildman–Crippen MR) is 83.2 cm³/mol. The topological polar surface area (TPSA) is 49.7 Å². The van der Waals surface area contributed by atoms with E-state index < -0.39 is 12.2 Å². The van der Waals surface area contributed by atoms with Gasteiger partial charge in [0.1, 0.15) is 11.9 Å². The number of ether oxygens (including phenoxy) is 1. The van der Waals surface area contributed by atoms with Gasteiger partial charge in [0.05, 0.1) is 13.2 Å². The smallest absolute Gasteiger partial charge is 0.126 e. The number of para-hydroxylation sites is 1. The second-order valence-electron chi connectivity index (χ2n) is 4.49. The molecule has 0 aliphatic carbocycles. The number of aliphatic hydroxyl groups excluding tert-OH is 2. The first kappa shape index (κ1) is 15.0. The van der Waals surface area contributed by atoms with Gasteiger partial charge in [0.15, 0.2) is 0 Å². The molecule has 0 aliphatic rings. The van der Waals surface area contributed by atoms with Crippen LogP contribution in [0.15, 0.2) is 48.5 Å². The zero-order valence-electron chi connectivity index (χ0n) is 11.2. The molecule has 4 heteroatoms. The summed E-state index contributed by atoms with van der Waals surface area (Å²) >= 11 is 3.16. The van der Waals surface area contributed by atoms with E-state index in [1.807, 2.05) is 48.5 Å². The Labute approximate surface area is 127 Å². The van der Waals surface area contributed by atoms with Crippen LogP contribution in [0.4, 0.5) is 0 Å². The molecule has 0 amide bonds. The minimum absolute atomic E-state index is 0.336. The highest BCUT2D eigenvalue weighted by atomic mass is 79.9. The van der Waals surface area contributed by atoms with E-state index in [9.17, 15) is 10.2 Å². The van der Waals surface area contributed by atoms with Crippen molar-refractivity contribution in [3.05, 3.63) is 54.1 Å². The Morgan fingerprint density at radius 3 is 2.30 bits per heavy atom. The fourth-order valence-corrected chi connectivity index (χ4v) is 2.40. The fraction of sp³-hybridized carbons (Fsp3) is 0.250. The van der Waals surface area contributed by atoms with Crippen molar-refractivity contribution < 1.29 is 14.9 Å². The zero-order chi connectivity index (χ0) is 14.5. The van der Waals surface area contributed by atoms with Crippen molar-refractivity contribution in [2.24, 2.45) is 0 Å². The third-order valence-electron chi connectivity index (χ3n) is 3.19. The van der Waals surface area contributed by atoms with Crippen molar-refractivity contribution in [1.82, 2.24) is 0 Å². The summed E-state index contributed by atoms with van der Waals surface area (Å²) in [6.45, 7) is 0. The van der Waals surface area contributed by atoms with Gasteiger partial charge in [-0.3, -0.25) is 0 Å². The molecule has 2 aromatic rings. The van der Waals surface area contributed by atoms with Gasteiger partial charge in [-0.2, -0.15) is 0 Å². The molecule has 0 radical (unpaired) electrons. The molecule has 3 nitrogen and oxygen atoms in total. The molecule has 0 fully saturated rings. The summed E-state index contributed by atoms with van der Waals surface area (Å²) in [5, 5.41) is 19.9. The second kappa shape index (κ2) is 6.88. The Morgan fingerprint density at radius 1 is 1.05 bits per heavy atom. The largest absolute Gasteiger partial charge is 0.496 e. The van der Waals surface area contributed by atoms with E-state index in [1.165, 1.54) is 0 Å².